The molecular weight excluding hydrogens is 326 g/mol. The number of para-hydroxylation sites is 1. The molecule has 0 bridgehead atoms. The van der Waals surface area contributed by atoms with E-state index >= 15 is 0 Å². The molecule has 5 rings (SSSR count). The summed E-state index contributed by atoms with van der Waals surface area (Å²) in [5.74, 6) is 1.71. The number of nitrogen functional groups attached to an aromatic ring is 1. The zero-order valence-electron chi connectivity index (χ0n) is 13.8. The molecule has 6 heteroatoms. The highest BCUT2D eigenvalue weighted by atomic mass is 16.3. The van der Waals surface area contributed by atoms with E-state index in [0.29, 0.717) is 12.4 Å². The number of aliphatic imine (C=N–C) groups is 1. The summed E-state index contributed by atoms with van der Waals surface area (Å²) in [6.45, 7) is 0.655. The van der Waals surface area contributed by atoms with Crippen LogP contribution in [0.4, 0.5) is 17.5 Å². The first-order chi connectivity index (χ1) is 12.8. The minimum absolute atomic E-state index is 0.232. The second kappa shape index (κ2) is 5.70. The third-order valence-corrected chi connectivity index (χ3v) is 4.40. The van der Waals surface area contributed by atoms with Gasteiger partial charge in [0.15, 0.2) is 0 Å². The lowest BCUT2D eigenvalue weighted by Gasteiger charge is -2.11. The van der Waals surface area contributed by atoms with Gasteiger partial charge in [-0.15, -0.1) is 0 Å². The van der Waals surface area contributed by atoms with Crippen LogP contribution in [0.5, 0.6) is 0 Å². The summed E-state index contributed by atoms with van der Waals surface area (Å²) in [5, 5.41) is 4.36. The van der Waals surface area contributed by atoms with Gasteiger partial charge in [-0.1, -0.05) is 18.2 Å². The van der Waals surface area contributed by atoms with Crippen molar-refractivity contribution in [3.63, 3.8) is 0 Å². The van der Waals surface area contributed by atoms with Gasteiger partial charge >= 0.3 is 0 Å². The van der Waals surface area contributed by atoms with Crippen LogP contribution >= 0.6 is 0 Å². The van der Waals surface area contributed by atoms with E-state index in [1.807, 2.05) is 30.5 Å². The largest absolute Gasteiger partial charge is 0.456 e. The number of nitrogens with two attached hydrogens (primary N) is 1. The molecule has 0 saturated carbocycles. The van der Waals surface area contributed by atoms with Gasteiger partial charge in [0.1, 0.15) is 17.2 Å². The summed E-state index contributed by atoms with van der Waals surface area (Å²) in [6.07, 6.45) is 3.51. The van der Waals surface area contributed by atoms with Crippen LogP contribution in [0, 0.1) is 0 Å². The van der Waals surface area contributed by atoms with Crippen molar-refractivity contribution in [2.24, 2.45) is 4.99 Å². The van der Waals surface area contributed by atoms with Crippen LogP contribution in [0.25, 0.3) is 22.3 Å². The normalized spacial score (nSPS) is 12.5. The van der Waals surface area contributed by atoms with Gasteiger partial charge in [0.05, 0.1) is 6.54 Å². The fourth-order valence-corrected chi connectivity index (χ4v) is 3.22. The first kappa shape index (κ1) is 14.7. The third-order valence-electron chi connectivity index (χ3n) is 4.40. The summed E-state index contributed by atoms with van der Waals surface area (Å²) < 4.78 is 6.07. The molecule has 4 aromatic rings. The lowest BCUT2D eigenvalue weighted by molar-refractivity contribution is 0.630. The number of nitrogens with zero attached hydrogens (tertiary/aromatic N) is 3. The molecule has 0 saturated heterocycles. The Labute approximate surface area is 149 Å². The highest BCUT2D eigenvalue weighted by Gasteiger charge is 2.18. The molecule has 2 aromatic heterocycles. The van der Waals surface area contributed by atoms with Crippen molar-refractivity contribution in [2.75, 3.05) is 11.1 Å². The number of rotatable bonds is 3. The van der Waals surface area contributed by atoms with Crippen molar-refractivity contribution >= 4 is 34.6 Å². The van der Waals surface area contributed by atoms with Gasteiger partial charge < -0.3 is 15.5 Å². The third kappa shape index (κ3) is 2.48. The predicted molar refractivity (Wildman–Crippen MR) is 103 cm³/mol. The van der Waals surface area contributed by atoms with Crippen molar-refractivity contribution in [1.29, 1.82) is 0 Å². The molecule has 6 nitrogen and oxygen atoms in total. The van der Waals surface area contributed by atoms with Gasteiger partial charge in [-0.25, -0.2) is 4.98 Å². The minimum atomic E-state index is 0.232. The standard InChI is InChI=1S/C20H15N5O/c21-20-23-6-5-19(25-20)24-14-7-13-10-22-11-16(13)15(9-14)18-8-12-3-1-2-4-17(12)26-18/h1-10H,11H2,(H3,21,23,24,25). The number of furan rings is 1. The van der Waals surface area contributed by atoms with Crippen molar-refractivity contribution < 1.29 is 4.42 Å². The number of fused-ring (bicyclic) bond motifs is 2. The van der Waals surface area contributed by atoms with Gasteiger partial charge in [0.25, 0.3) is 0 Å². The molecule has 1 aliphatic rings. The van der Waals surface area contributed by atoms with Crippen LogP contribution in [0.3, 0.4) is 0 Å². The van der Waals surface area contributed by atoms with Crippen LogP contribution in [0.2, 0.25) is 0 Å². The Bertz CT molecular complexity index is 1130. The van der Waals surface area contributed by atoms with E-state index < -0.39 is 0 Å². The van der Waals surface area contributed by atoms with E-state index in [2.05, 4.69) is 38.5 Å². The van der Waals surface area contributed by atoms with E-state index in [1.165, 1.54) is 0 Å². The Hall–Kier alpha value is -3.67. The van der Waals surface area contributed by atoms with Crippen LogP contribution in [0.1, 0.15) is 11.1 Å². The van der Waals surface area contributed by atoms with Crippen LogP contribution in [-0.2, 0) is 6.54 Å². The van der Waals surface area contributed by atoms with Gasteiger partial charge in [-0.3, -0.25) is 4.99 Å². The minimum Gasteiger partial charge on any atom is -0.456 e. The van der Waals surface area contributed by atoms with Crippen LogP contribution in [-0.4, -0.2) is 16.2 Å². The molecule has 0 fully saturated rings. The molecule has 3 N–H and O–H groups in total. The summed E-state index contributed by atoms with van der Waals surface area (Å²) in [5.41, 5.74) is 10.7. The topological polar surface area (TPSA) is 89.3 Å². The zero-order chi connectivity index (χ0) is 17.5. The molecule has 0 unspecified atom stereocenters. The molecular formula is C20H15N5O. The Kier molecular flexibility index (Phi) is 3.21. The Balaban J connectivity index is 1.62. The van der Waals surface area contributed by atoms with Gasteiger partial charge in [-0.05, 0) is 35.9 Å². The van der Waals surface area contributed by atoms with Crippen molar-refractivity contribution in [3.8, 4) is 11.3 Å². The molecule has 26 heavy (non-hydrogen) atoms. The maximum Gasteiger partial charge on any atom is 0.221 e. The summed E-state index contributed by atoms with van der Waals surface area (Å²) in [6, 6.07) is 16.0. The fraction of sp³-hybridized carbons (Fsp3) is 0.0500. The molecule has 0 aliphatic carbocycles. The van der Waals surface area contributed by atoms with Crippen LogP contribution < -0.4 is 11.1 Å². The molecule has 0 radical (unpaired) electrons. The SMILES string of the molecule is Nc1nccc(Nc2cc3c(c(-c4cc5ccccc5o4)c2)CN=C3)n1. The number of hydrogen-bond donors (Lipinski definition) is 2. The summed E-state index contributed by atoms with van der Waals surface area (Å²) in [7, 11) is 0. The molecule has 0 atom stereocenters. The van der Waals surface area contributed by atoms with Crippen molar-refractivity contribution in [3.05, 3.63) is 65.9 Å². The quantitative estimate of drug-likeness (QED) is 0.584. The van der Waals surface area contributed by atoms with Gasteiger partial charge in [0, 0.05) is 34.6 Å². The van der Waals surface area contributed by atoms with E-state index in [0.717, 1.165) is 39.1 Å². The lowest BCUT2D eigenvalue weighted by Crippen LogP contribution is -2.00. The second-order valence-corrected chi connectivity index (χ2v) is 6.13. The van der Waals surface area contributed by atoms with Gasteiger partial charge in [0.2, 0.25) is 5.95 Å². The first-order valence-electron chi connectivity index (χ1n) is 8.27. The number of hydrogen-bond acceptors (Lipinski definition) is 6. The predicted octanol–water partition coefficient (Wildman–Crippen LogP) is 4.15. The van der Waals surface area contributed by atoms with Crippen molar-refractivity contribution in [2.45, 2.75) is 6.54 Å². The van der Waals surface area contributed by atoms with Crippen LogP contribution in [0.15, 0.2) is 64.1 Å². The highest BCUT2D eigenvalue weighted by Crippen LogP contribution is 2.36. The number of aromatic nitrogens is 2. The molecule has 126 valence electrons. The summed E-state index contributed by atoms with van der Waals surface area (Å²) >= 11 is 0. The number of anilines is 3. The molecule has 2 aromatic carbocycles. The molecule has 0 spiro atoms. The monoisotopic (exact) mass is 341 g/mol. The zero-order valence-corrected chi connectivity index (χ0v) is 13.8. The smallest absolute Gasteiger partial charge is 0.221 e. The average Bonchev–Trinajstić information content (AvgIpc) is 3.27. The molecule has 1 aliphatic heterocycles. The molecule has 0 amide bonds. The van der Waals surface area contributed by atoms with Gasteiger partial charge in [-0.2, -0.15) is 4.98 Å². The lowest BCUT2D eigenvalue weighted by atomic mass is 10.00. The van der Waals surface area contributed by atoms with E-state index in [1.54, 1.807) is 12.3 Å². The van der Waals surface area contributed by atoms with E-state index in [-0.39, 0.29) is 5.95 Å². The summed E-state index contributed by atoms with van der Waals surface area (Å²) in [4.78, 5) is 12.5. The Morgan fingerprint density at radius 2 is 2.00 bits per heavy atom. The maximum absolute atomic E-state index is 6.07. The molecule has 3 heterocycles. The van der Waals surface area contributed by atoms with E-state index in [9.17, 15) is 0 Å². The average molecular weight is 341 g/mol. The first-order valence-corrected chi connectivity index (χ1v) is 8.27. The number of nitrogens with one attached hydrogen (secondary N) is 1. The Morgan fingerprint density at radius 3 is 2.88 bits per heavy atom. The Morgan fingerprint density at radius 1 is 1.08 bits per heavy atom. The highest BCUT2D eigenvalue weighted by molar-refractivity contribution is 5.92. The number of benzene rings is 2. The fourth-order valence-electron chi connectivity index (χ4n) is 3.22. The van der Waals surface area contributed by atoms with Crippen molar-refractivity contribution in [1.82, 2.24) is 9.97 Å². The van der Waals surface area contributed by atoms with E-state index in [4.69, 9.17) is 10.2 Å². The second-order valence-electron chi connectivity index (χ2n) is 6.13. The maximum atomic E-state index is 6.07.